The topological polar surface area (TPSA) is 41.1 Å². The molecule has 1 amide bonds. The summed E-state index contributed by atoms with van der Waals surface area (Å²) in [6, 6.07) is 10.1. The van der Waals surface area contributed by atoms with Gasteiger partial charge in [0.2, 0.25) is 5.91 Å². The van der Waals surface area contributed by atoms with Crippen molar-refractivity contribution >= 4 is 17.7 Å². The predicted molar refractivity (Wildman–Crippen MR) is 67.5 cm³/mol. The minimum Gasteiger partial charge on any atom is -0.347 e. The lowest BCUT2D eigenvalue weighted by Crippen LogP contribution is -2.55. The Morgan fingerprint density at radius 1 is 1.38 bits per heavy atom. The number of rotatable bonds is 3. The first-order valence-electron chi connectivity index (χ1n) is 5.39. The van der Waals surface area contributed by atoms with Gasteiger partial charge in [0.1, 0.15) is 0 Å². The Morgan fingerprint density at radius 3 is 2.75 bits per heavy atom. The number of nitrogens with one attached hydrogen (secondary N) is 2. The van der Waals surface area contributed by atoms with E-state index in [-0.39, 0.29) is 18.0 Å². The van der Waals surface area contributed by atoms with E-state index in [9.17, 15) is 4.79 Å². The Hall–Kier alpha value is -1.00. The molecule has 2 N–H and O–H groups in total. The summed E-state index contributed by atoms with van der Waals surface area (Å²) in [5, 5.41) is 6.34. The van der Waals surface area contributed by atoms with Gasteiger partial charge in [-0.1, -0.05) is 30.3 Å². The van der Waals surface area contributed by atoms with Gasteiger partial charge in [-0.05, 0) is 11.8 Å². The highest BCUT2D eigenvalue weighted by molar-refractivity contribution is 7.98. The summed E-state index contributed by atoms with van der Waals surface area (Å²) in [6.07, 6.45) is 2.01. The van der Waals surface area contributed by atoms with E-state index in [0.717, 1.165) is 17.9 Å². The van der Waals surface area contributed by atoms with Gasteiger partial charge in [-0.15, -0.1) is 0 Å². The summed E-state index contributed by atoms with van der Waals surface area (Å²) in [5.41, 5.74) is 1.16. The summed E-state index contributed by atoms with van der Waals surface area (Å²) >= 11 is 1.69. The summed E-state index contributed by atoms with van der Waals surface area (Å²) in [5.74, 6) is 0.933. The fourth-order valence-electron chi connectivity index (χ4n) is 1.86. The van der Waals surface area contributed by atoms with Crippen molar-refractivity contribution in [2.45, 2.75) is 12.1 Å². The van der Waals surface area contributed by atoms with Crippen molar-refractivity contribution in [2.75, 3.05) is 18.6 Å². The number of carbonyl (C=O) groups is 1. The van der Waals surface area contributed by atoms with Crippen LogP contribution in [0.4, 0.5) is 0 Å². The highest BCUT2D eigenvalue weighted by Crippen LogP contribution is 2.15. The molecule has 2 atom stereocenters. The van der Waals surface area contributed by atoms with E-state index in [4.69, 9.17) is 0 Å². The first-order valence-corrected chi connectivity index (χ1v) is 6.78. The summed E-state index contributed by atoms with van der Waals surface area (Å²) in [7, 11) is 0. The van der Waals surface area contributed by atoms with Crippen molar-refractivity contribution in [1.82, 2.24) is 10.6 Å². The maximum Gasteiger partial charge on any atom is 0.238 e. The zero-order chi connectivity index (χ0) is 11.4. The highest BCUT2D eigenvalue weighted by atomic mass is 32.2. The summed E-state index contributed by atoms with van der Waals surface area (Å²) in [6.45, 7) is 0.807. The fraction of sp³-hybridized carbons (Fsp3) is 0.417. The molecule has 3 nitrogen and oxygen atoms in total. The zero-order valence-electron chi connectivity index (χ0n) is 9.27. The maximum atomic E-state index is 11.8. The van der Waals surface area contributed by atoms with Crippen molar-refractivity contribution in [1.29, 1.82) is 0 Å². The SMILES string of the molecule is CSCC1NCC(c2ccccc2)NC1=O. The number of carbonyl (C=O) groups excluding carboxylic acids is 1. The van der Waals surface area contributed by atoms with E-state index in [1.165, 1.54) is 0 Å². The van der Waals surface area contributed by atoms with Crippen LogP contribution >= 0.6 is 11.8 Å². The van der Waals surface area contributed by atoms with Crippen LogP contribution in [-0.4, -0.2) is 30.5 Å². The second kappa shape index (κ2) is 5.37. The molecule has 2 unspecified atom stereocenters. The molecule has 1 aromatic rings. The lowest BCUT2D eigenvalue weighted by Gasteiger charge is -2.30. The number of piperazine rings is 1. The molecule has 0 bridgehead atoms. The van der Waals surface area contributed by atoms with Crippen molar-refractivity contribution in [2.24, 2.45) is 0 Å². The molecule has 1 saturated heterocycles. The normalized spacial score (nSPS) is 25.2. The minimum absolute atomic E-state index is 0.0463. The average molecular weight is 236 g/mol. The van der Waals surface area contributed by atoms with Crippen molar-refractivity contribution < 1.29 is 4.79 Å². The standard InChI is InChI=1S/C12H16N2OS/c1-16-8-11-12(15)14-10(7-13-11)9-5-3-2-4-6-9/h2-6,10-11,13H,7-8H2,1H3,(H,14,15). The quantitative estimate of drug-likeness (QED) is 0.828. The molecule has 1 fully saturated rings. The molecule has 1 heterocycles. The van der Waals surface area contributed by atoms with Crippen LogP contribution < -0.4 is 10.6 Å². The third-order valence-corrected chi connectivity index (χ3v) is 3.40. The van der Waals surface area contributed by atoms with Gasteiger partial charge < -0.3 is 10.6 Å². The van der Waals surface area contributed by atoms with E-state index in [2.05, 4.69) is 10.6 Å². The zero-order valence-corrected chi connectivity index (χ0v) is 10.1. The third-order valence-electron chi connectivity index (χ3n) is 2.74. The molecule has 16 heavy (non-hydrogen) atoms. The van der Waals surface area contributed by atoms with Gasteiger partial charge in [0.15, 0.2) is 0 Å². The molecule has 0 radical (unpaired) electrons. The lowest BCUT2D eigenvalue weighted by molar-refractivity contribution is -0.124. The van der Waals surface area contributed by atoms with E-state index in [1.807, 2.05) is 36.6 Å². The Kier molecular flexibility index (Phi) is 3.85. The Bertz CT molecular complexity index is 355. The Balaban J connectivity index is 2.00. The molecule has 0 saturated carbocycles. The van der Waals surface area contributed by atoms with Crippen LogP contribution in [0.3, 0.4) is 0 Å². The molecule has 2 rings (SSSR count). The van der Waals surface area contributed by atoms with Gasteiger partial charge in [-0.2, -0.15) is 11.8 Å². The molecular weight excluding hydrogens is 220 g/mol. The average Bonchev–Trinajstić information content (AvgIpc) is 2.33. The van der Waals surface area contributed by atoms with E-state index in [0.29, 0.717) is 0 Å². The van der Waals surface area contributed by atoms with Crippen LogP contribution in [0.2, 0.25) is 0 Å². The fourth-order valence-corrected chi connectivity index (χ4v) is 2.47. The van der Waals surface area contributed by atoms with Crippen LogP contribution in [0.1, 0.15) is 11.6 Å². The van der Waals surface area contributed by atoms with Gasteiger partial charge in [0.25, 0.3) is 0 Å². The number of benzene rings is 1. The van der Waals surface area contributed by atoms with Crippen LogP contribution in [0.25, 0.3) is 0 Å². The van der Waals surface area contributed by atoms with E-state index in [1.54, 1.807) is 11.8 Å². The number of amides is 1. The Labute approximate surface area is 100.0 Å². The minimum atomic E-state index is -0.0463. The Morgan fingerprint density at radius 2 is 2.12 bits per heavy atom. The van der Waals surface area contributed by atoms with Crippen LogP contribution in [0.15, 0.2) is 30.3 Å². The van der Waals surface area contributed by atoms with Crippen molar-refractivity contribution in [3.63, 3.8) is 0 Å². The van der Waals surface area contributed by atoms with Gasteiger partial charge in [-0.3, -0.25) is 4.79 Å². The van der Waals surface area contributed by atoms with Crippen LogP contribution in [0, 0.1) is 0 Å². The molecule has 1 aliphatic heterocycles. The third kappa shape index (κ3) is 2.57. The molecule has 86 valence electrons. The first-order chi connectivity index (χ1) is 7.81. The molecule has 0 aromatic heterocycles. The van der Waals surface area contributed by atoms with Gasteiger partial charge in [0, 0.05) is 12.3 Å². The van der Waals surface area contributed by atoms with E-state index < -0.39 is 0 Å². The molecule has 4 heteroatoms. The van der Waals surface area contributed by atoms with Crippen molar-refractivity contribution in [3.8, 4) is 0 Å². The number of thioether (sulfide) groups is 1. The number of hydrogen-bond acceptors (Lipinski definition) is 3. The molecule has 0 aliphatic carbocycles. The number of hydrogen-bond donors (Lipinski definition) is 2. The van der Waals surface area contributed by atoms with Gasteiger partial charge in [-0.25, -0.2) is 0 Å². The van der Waals surface area contributed by atoms with E-state index >= 15 is 0 Å². The molecular formula is C12H16N2OS. The maximum absolute atomic E-state index is 11.8. The highest BCUT2D eigenvalue weighted by Gasteiger charge is 2.27. The largest absolute Gasteiger partial charge is 0.347 e. The smallest absolute Gasteiger partial charge is 0.238 e. The van der Waals surface area contributed by atoms with Gasteiger partial charge >= 0.3 is 0 Å². The van der Waals surface area contributed by atoms with Crippen LogP contribution in [-0.2, 0) is 4.79 Å². The predicted octanol–water partition coefficient (Wildman–Crippen LogP) is 1.18. The second-order valence-electron chi connectivity index (χ2n) is 3.89. The van der Waals surface area contributed by atoms with Crippen molar-refractivity contribution in [3.05, 3.63) is 35.9 Å². The molecule has 1 aliphatic rings. The molecule has 0 spiro atoms. The second-order valence-corrected chi connectivity index (χ2v) is 4.80. The lowest BCUT2D eigenvalue weighted by atomic mass is 10.0. The molecule has 1 aromatic carbocycles. The summed E-state index contributed by atoms with van der Waals surface area (Å²) in [4.78, 5) is 11.8. The summed E-state index contributed by atoms with van der Waals surface area (Å²) < 4.78 is 0. The monoisotopic (exact) mass is 236 g/mol. The first kappa shape index (κ1) is 11.5. The van der Waals surface area contributed by atoms with Crippen LogP contribution in [0.5, 0.6) is 0 Å². The van der Waals surface area contributed by atoms with Gasteiger partial charge in [0.05, 0.1) is 12.1 Å².